The predicted octanol–water partition coefficient (Wildman–Crippen LogP) is 4.32. The highest BCUT2D eigenvalue weighted by atomic mass is 35.5. The second kappa shape index (κ2) is 7.39. The maximum absolute atomic E-state index is 13.3. The molecule has 0 aliphatic heterocycles. The number of hydrogen-bond donors (Lipinski definition) is 2. The Balaban J connectivity index is 2.65. The molecule has 0 saturated heterocycles. The van der Waals surface area contributed by atoms with Gasteiger partial charge in [0.2, 0.25) is 0 Å². The minimum atomic E-state index is -0.261. The normalized spacial score (nSPS) is 15.2. The zero-order valence-corrected chi connectivity index (χ0v) is 13.6. The van der Waals surface area contributed by atoms with Gasteiger partial charge >= 0.3 is 0 Å². The molecule has 0 spiro atoms. The summed E-state index contributed by atoms with van der Waals surface area (Å²) in [5, 5.41) is 0.593. The third-order valence-electron chi connectivity index (χ3n) is 3.36. The standard InChI is InChI=1S/C16H26ClFN2/c1-11(10-16(2,3)4)7-14(20-19)9-12-8-13(18)5-6-15(12)17/h5-6,8,11,14,20H,7,9-10,19H2,1-4H3. The van der Waals surface area contributed by atoms with Gasteiger partial charge in [0.05, 0.1) is 0 Å². The fourth-order valence-corrected chi connectivity index (χ4v) is 2.98. The number of nitrogens with two attached hydrogens (primary N) is 1. The fourth-order valence-electron chi connectivity index (χ4n) is 2.79. The Bertz CT molecular complexity index is 429. The number of nitrogens with one attached hydrogen (secondary N) is 1. The third-order valence-corrected chi connectivity index (χ3v) is 3.73. The summed E-state index contributed by atoms with van der Waals surface area (Å²) in [5.74, 6) is 5.92. The summed E-state index contributed by atoms with van der Waals surface area (Å²) < 4.78 is 13.3. The van der Waals surface area contributed by atoms with Crippen molar-refractivity contribution < 1.29 is 4.39 Å². The Labute approximate surface area is 126 Å². The lowest BCUT2D eigenvalue weighted by atomic mass is 9.82. The van der Waals surface area contributed by atoms with Crippen LogP contribution in [0, 0.1) is 17.2 Å². The van der Waals surface area contributed by atoms with Gasteiger partial charge in [-0.05, 0) is 54.4 Å². The lowest BCUT2D eigenvalue weighted by Gasteiger charge is -2.26. The highest BCUT2D eigenvalue weighted by molar-refractivity contribution is 6.31. The van der Waals surface area contributed by atoms with Gasteiger partial charge in [0.1, 0.15) is 5.82 Å². The van der Waals surface area contributed by atoms with E-state index < -0.39 is 0 Å². The van der Waals surface area contributed by atoms with Crippen LogP contribution >= 0.6 is 11.6 Å². The zero-order valence-electron chi connectivity index (χ0n) is 12.8. The smallest absolute Gasteiger partial charge is 0.123 e. The van der Waals surface area contributed by atoms with E-state index in [2.05, 4.69) is 33.1 Å². The first kappa shape index (κ1) is 17.4. The van der Waals surface area contributed by atoms with Crippen molar-refractivity contribution in [3.05, 3.63) is 34.6 Å². The van der Waals surface area contributed by atoms with Crippen LogP contribution in [0.4, 0.5) is 4.39 Å². The zero-order chi connectivity index (χ0) is 15.3. The van der Waals surface area contributed by atoms with Crippen molar-refractivity contribution >= 4 is 11.6 Å². The highest BCUT2D eigenvalue weighted by Crippen LogP contribution is 2.28. The van der Waals surface area contributed by atoms with Crippen LogP contribution in [0.1, 0.15) is 46.1 Å². The topological polar surface area (TPSA) is 38.0 Å². The molecule has 2 unspecified atom stereocenters. The largest absolute Gasteiger partial charge is 0.271 e. The molecule has 0 bridgehead atoms. The first-order valence-electron chi connectivity index (χ1n) is 7.11. The molecular formula is C16H26ClFN2. The maximum Gasteiger partial charge on any atom is 0.123 e. The quantitative estimate of drug-likeness (QED) is 0.606. The minimum absolute atomic E-state index is 0.103. The van der Waals surface area contributed by atoms with Gasteiger partial charge in [0, 0.05) is 11.1 Å². The molecule has 0 aliphatic carbocycles. The Hall–Kier alpha value is -0.640. The first-order valence-corrected chi connectivity index (χ1v) is 7.49. The van der Waals surface area contributed by atoms with Crippen molar-refractivity contribution in [2.75, 3.05) is 0 Å². The number of hydrazine groups is 1. The van der Waals surface area contributed by atoms with E-state index in [1.807, 2.05) is 0 Å². The van der Waals surface area contributed by atoms with E-state index in [1.54, 1.807) is 6.07 Å². The van der Waals surface area contributed by atoms with Crippen molar-refractivity contribution in [3.63, 3.8) is 0 Å². The number of benzene rings is 1. The van der Waals surface area contributed by atoms with E-state index in [1.165, 1.54) is 12.1 Å². The number of rotatable bonds is 6. The summed E-state index contributed by atoms with van der Waals surface area (Å²) in [5.41, 5.74) is 3.94. The van der Waals surface area contributed by atoms with Gasteiger partial charge in [-0.15, -0.1) is 0 Å². The first-order chi connectivity index (χ1) is 9.21. The molecular weight excluding hydrogens is 275 g/mol. The van der Waals surface area contributed by atoms with Crippen LogP contribution in [0.3, 0.4) is 0 Å². The van der Waals surface area contributed by atoms with Crippen LogP contribution in [-0.2, 0) is 6.42 Å². The maximum atomic E-state index is 13.3. The minimum Gasteiger partial charge on any atom is -0.271 e. The third kappa shape index (κ3) is 6.21. The van der Waals surface area contributed by atoms with E-state index >= 15 is 0 Å². The molecule has 3 N–H and O–H groups in total. The van der Waals surface area contributed by atoms with Crippen LogP contribution < -0.4 is 11.3 Å². The van der Waals surface area contributed by atoms with Crippen LogP contribution in [0.25, 0.3) is 0 Å². The van der Waals surface area contributed by atoms with E-state index in [4.69, 9.17) is 17.4 Å². The molecule has 114 valence electrons. The molecule has 1 rings (SSSR count). The molecule has 20 heavy (non-hydrogen) atoms. The monoisotopic (exact) mass is 300 g/mol. The Morgan fingerprint density at radius 2 is 2.00 bits per heavy atom. The average Bonchev–Trinajstić information content (AvgIpc) is 2.30. The van der Waals surface area contributed by atoms with Crippen molar-refractivity contribution in [2.45, 2.75) is 53.0 Å². The Kier molecular flexibility index (Phi) is 6.44. The molecule has 2 atom stereocenters. The van der Waals surface area contributed by atoms with Crippen molar-refractivity contribution in [1.29, 1.82) is 0 Å². The summed E-state index contributed by atoms with van der Waals surface area (Å²) in [6.45, 7) is 8.93. The molecule has 0 aliphatic rings. The van der Waals surface area contributed by atoms with E-state index in [0.29, 0.717) is 22.8 Å². The number of halogens is 2. The number of hydrogen-bond acceptors (Lipinski definition) is 2. The van der Waals surface area contributed by atoms with Gasteiger partial charge in [-0.3, -0.25) is 11.3 Å². The second-order valence-corrected chi connectivity index (χ2v) is 7.32. The summed E-state index contributed by atoms with van der Waals surface area (Å²) in [6.07, 6.45) is 2.71. The lowest BCUT2D eigenvalue weighted by Crippen LogP contribution is -2.38. The molecule has 0 aromatic heterocycles. The van der Waals surface area contributed by atoms with Crippen molar-refractivity contribution in [3.8, 4) is 0 Å². The summed E-state index contributed by atoms with van der Waals surface area (Å²) in [7, 11) is 0. The van der Waals surface area contributed by atoms with Gasteiger partial charge in [-0.1, -0.05) is 39.3 Å². The molecule has 1 aromatic carbocycles. The Morgan fingerprint density at radius 3 is 2.55 bits per heavy atom. The SMILES string of the molecule is CC(CC(Cc1cc(F)ccc1Cl)NN)CC(C)(C)C. The fraction of sp³-hybridized carbons (Fsp3) is 0.625. The average molecular weight is 301 g/mol. The van der Waals surface area contributed by atoms with E-state index in [9.17, 15) is 4.39 Å². The van der Waals surface area contributed by atoms with E-state index in [-0.39, 0.29) is 11.9 Å². The van der Waals surface area contributed by atoms with E-state index in [0.717, 1.165) is 18.4 Å². The molecule has 4 heteroatoms. The Morgan fingerprint density at radius 1 is 1.35 bits per heavy atom. The summed E-state index contributed by atoms with van der Waals surface area (Å²) in [4.78, 5) is 0. The second-order valence-electron chi connectivity index (χ2n) is 6.91. The molecule has 1 aromatic rings. The van der Waals surface area contributed by atoms with Gasteiger partial charge in [-0.25, -0.2) is 4.39 Å². The van der Waals surface area contributed by atoms with Crippen molar-refractivity contribution in [1.82, 2.24) is 5.43 Å². The van der Waals surface area contributed by atoms with Gasteiger partial charge in [0.15, 0.2) is 0 Å². The molecule has 0 heterocycles. The van der Waals surface area contributed by atoms with Crippen LogP contribution in [-0.4, -0.2) is 6.04 Å². The molecule has 0 radical (unpaired) electrons. The van der Waals surface area contributed by atoms with Crippen LogP contribution in [0.5, 0.6) is 0 Å². The molecule has 0 saturated carbocycles. The molecule has 0 fully saturated rings. The van der Waals surface area contributed by atoms with Crippen LogP contribution in [0.2, 0.25) is 5.02 Å². The highest BCUT2D eigenvalue weighted by Gasteiger charge is 2.19. The van der Waals surface area contributed by atoms with Gasteiger partial charge in [0.25, 0.3) is 0 Å². The van der Waals surface area contributed by atoms with Gasteiger partial charge in [-0.2, -0.15) is 0 Å². The summed E-state index contributed by atoms with van der Waals surface area (Å²) in [6, 6.07) is 4.56. The molecule has 0 amide bonds. The van der Waals surface area contributed by atoms with Gasteiger partial charge < -0.3 is 0 Å². The lowest BCUT2D eigenvalue weighted by molar-refractivity contribution is 0.274. The predicted molar refractivity (Wildman–Crippen MR) is 84.1 cm³/mol. The van der Waals surface area contributed by atoms with Crippen molar-refractivity contribution in [2.24, 2.45) is 17.2 Å². The summed E-state index contributed by atoms with van der Waals surface area (Å²) >= 11 is 6.11. The molecule has 2 nitrogen and oxygen atoms in total. The van der Waals surface area contributed by atoms with Crippen LogP contribution in [0.15, 0.2) is 18.2 Å².